The van der Waals surface area contributed by atoms with Crippen LogP contribution in [0.5, 0.6) is 0 Å². The van der Waals surface area contributed by atoms with E-state index in [9.17, 15) is 0 Å². The van der Waals surface area contributed by atoms with E-state index in [1.807, 2.05) is 6.92 Å². The van der Waals surface area contributed by atoms with E-state index in [2.05, 4.69) is 5.32 Å². The van der Waals surface area contributed by atoms with E-state index in [0.29, 0.717) is 6.61 Å². The minimum atomic E-state index is 0.115. The standard InChI is InChI=1S/C10H21NO2/c1-2-11-10(7-12)8-13-6-5-9-3-4-9/h9-12H,2-8H2,1H3. The van der Waals surface area contributed by atoms with Gasteiger partial charge in [-0.25, -0.2) is 0 Å². The van der Waals surface area contributed by atoms with Gasteiger partial charge in [0.1, 0.15) is 0 Å². The van der Waals surface area contributed by atoms with Gasteiger partial charge in [-0.05, 0) is 18.9 Å². The van der Waals surface area contributed by atoms with E-state index >= 15 is 0 Å². The average Bonchev–Trinajstić information content (AvgIpc) is 2.94. The van der Waals surface area contributed by atoms with Crippen molar-refractivity contribution in [3.8, 4) is 0 Å². The first kappa shape index (κ1) is 11.0. The monoisotopic (exact) mass is 187 g/mol. The molecule has 1 fully saturated rings. The van der Waals surface area contributed by atoms with Crippen LogP contribution in [0.1, 0.15) is 26.2 Å². The maximum atomic E-state index is 8.94. The normalized spacial score (nSPS) is 18.9. The first-order chi connectivity index (χ1) is 6.36. The van der Waals surface area contributed by atoms with Gasteiger partial charge in [-0.1, -0.05) is 19.8 Å². The Balaban J connectivity index is 1.88. The molecule has 1 rings (SSSR count). The smallest absolute Gasteiger partial charge is 0.0642 e. The van der Waals surface area contributed by atoms with E-state index in [-0.39, 0.29) is 12.6 Å². The molecule has 0 aliphatic heterocycles. The lowest BCUT2D eigenvalue weighted by Crippen LogP contribution is -2.36. The molecule has 0 aromatic heterocycles. The molecule has 1 saturated carbocycles. The van der Waals surface area contributed by atoms with Crippen molar-refractivity contribution in [1.82, 2.24) is 5.32 Å². The molecule has 1 aliphatic carbocycles. The first-order valence-electron chi connectivity index (χ1n) is 5.28. The molecule has 2 N–H and O–H groups in total. The third-order valence-electron chi connectivity index (χ3n) is 2.40. The summed E-state index contributed by atoms with van der Waals surface area (Å²) >= 11 is 0. The van der Waals surface area contributed by atoms with Gasteiger partial charge in [-0.2, -0.15) is 0 Å². The van der Waals surface area contributed by atoms with Crippen LogP contribution >= 0.6 is 0 Å². The number of likely N-dealkylation sites (N-methyl/N-ethyl adjacent to an activating group) is 1. The van der Waals surface area contributed by atoms with Gasteiger partial charge in [0.05, 0.1) is 19.3 Å². The second-order valence-electron chi connectivity index (χ2n) is 3.74. The Hall–Kier alpha value is -0.120. The van der Waals surface area contributed by atoms with Crippen LogP contribution in [0.2, 0.25) is 0 Å². The van der Waals surface area contributed by atoms with Crippen LogP contribution in [0.3, 0.4) is 0 Å². The number of rotatable bonds is 8. The van der Waals surface area contributed by atoms with Gasteiger partial charge >= 0.3 is 0 Å². The second-order valence-corrected chi connectivity index (χ2v) is 3.74. The molecule has 13 heavy (non-hydrogen) atoms. The van der Waals surface area contributed by atoms with E-state index in [4.69, 9.17) is 9.84 Å². The van der Waals surface area contributed by atoms with Crippen molar-refractivity contribution in [1.29, 1.82) is 0 Å². The van der Waals surface area contributed by atoms with Gasteiger partial charge in [0.15, 0.2) is 0 Å². The largest absolute Gasteiger partial charge is 0.395 e. The highest BCUT2D eigenvalue weighted by molar-refractivity contribution is 4.72. The third kappa shape index (κ3) is 5.24. The number of aliphatic hydroxyl groups is 1. The first-order valence-corrected chi connectivity index (χ1v) is 5.28. The predicted molar refractivity (Wildman–Crippen MR) is 52.7 cm³/mol. The van der Waals surface area contributed by atoms with Crippen LogP contribution in [0.15, 0.2) is 0 Å². The molecular weight excluding hydrogens is 166 g/mol. The molecule has 0 bridgehead atoms. The minimum Gasteiger partial charge on any atom is -0.395 e. The SMILES string of the molecule is CCNC(CO)COCCC1CC1. The molecule has 78 valence electrons. The Morgan fingerprint density at radius 1 is 1.54 bits per heavy atom. The van der Waals surface area contributed by atoms with Crippen molar-refractivity contribution in [2.45, 2.75) is 32.2 Å². The van der Waals surface area contributed by atoms with Crippen LogP contribution in [0.25, 0.3) is 0 Å². The van der Waals surface area contributed by atoms with Gasteiger partial charge in [0.25, 0.3) is 0 Å². The summed E-state index contributed by atoms with van der Waals surface area (Å²) in [6, 6.07) is 0.115. The fourth-order valence-corrected chi connectivity index (χ4v) is 1.35. The third-order valence-corrected chi connectivity index (χ3v) is 2.40. The number of hydrogen-bond donors (Lipinski definition) is 2. The number of ether oxygens (including phenoxy) is 1. The zero-order valence-corrected chi connectivity index (χ0v) is 8.46. The summed E-state index contributed by atoms with van der Waals surface area (Å²) in [5.41, 5.74) is 0. The molecule has 3 heteroatoms. The fraction of sp³-hybridized carbons (Fsp3) is 1.00. The summed E-state index contributed by atoms with van der Waals surface area (Å²) in [4.78, 5) is 0. The molecule has 1 atom stereocenters. The highest BCUT2D eigenvalue weighted by atomic mass is 16.5. The van der Waals surface area contributed by atoms with Gasteiger partial charge < -0.3 is 15.2 Å². The summed E-state index contributed by atoms with van der Waals surface area (Å²) in [6.45, 7) is 4.57. The summed E-state index contributed by atoms with van der Waals surface area (Å²) in [6.07, 6.45) is 3.98. The molecule has 0 radical (unpaired) electrons. The lowest BCUT2D eigenvalue weighted by atomic mass is 10.3. The molecule has 1 unspecified atom stereocenters. The molecule has 0 aromatic rings. The summed E-state index contributed by atoms with van der Waals surface area (Å²) in [7, 11) is 0. The Morgan fingerprint density at radius 3 is 2.85 bits per heavy atom. The maximum absolute atomic E-state index is 8.94. The van der Waals surface area contributed by atoms with Crippen molar-refractivity contribution in [3.05, 3.63) is 0 Å². The predicted octanol–water partition coefficient (Wildman–Crippen LogP) is 0.773. The molecule has 0 saturated heterocycles. The Kier molecular flexibility index (Phi) is 5.35. The van der Waals surface area contributed by atoms with Crippen LogP contribution < -0.4 is 5.32 Å². The van der Waals surface area contributed by atoms with Crippen molar-refractivity contribution in [2.24, 2.45) is 5.92 Å². The molecule has 0 spiro atoms. The van der Waals surface area contributed by atoms with Crippen LogP contribution in [0.4, 0.5) is 0 Å². The number of nitrogens with one attached hydrogen (secondary N) is 1. The second kappa shape index (κ2) is 6.35. The molecule has 1 aliphatic rings. The van der Waals surface area contributed by atoms with Crippen LogP contribution in [-0.4, -0.2) is 37.5 Å². The molecule has 0 amide bonds. The van der Waals surface area contributed by atoms with Gasteiger partial charge in [-0.3, -0.25) is 0 Å². The topological polar surface area (TPSA) is 41.5 Å². The van der Waals surface area contributed by atoms with Crippen molar-refractivity contribution in [2.75, 3.05) is 26.4 Å². The van der Waals surface area contributed by atoms with Crippen LogP contribution in [0, 0.1) is 5.92 Å². The Morgan fingerprint density at radius 2 is 2.31 bits per heavy atom. The van der Waals surface area contributed by atoms with Gasteiger partial charge in [-0.15, -0.1) is 0 Å². The molecular formula is C10H21NO2. The van der Waals surface area contributed by atoms with Gasteiger partial charge in [0, 0.05) is 6.61 Å². The zero-order chi connectivity index (χ0) is 9.52. The average molecular weight is 187 g/mol. The number of aliphatic hydroxyl groups excluding tert-OH is 1. The van der Waals surface area contributed by atoms with Crippen molar-refractivity contribution >= 4 is 0 Å². The van der Waals surface area contributed by atoms with E-state index in [1.165, 1.54) is 19.3 Å². The van der Waals surface area contributed by atoms with E-state index < -0.39 is 0 Å². The Bertz CT molecular complexity index is 126. The van der Waals surface area contributed by atoms with E-state index in [0.717, 1.165) is 19.1 Å². The molecule has 3 nitrogen and oxygen atoms in total. The lowest BCUT2D eigenvalue weighted by Gasteiger charge is -2.14. The summed E-state index contributed by atoms with van der Waals surface area (Å²) < 4.78 is 5.47. The lowest BCUT2D eigenvalue weighted by molar-refractivity contribution is 0.0856. The fourth-order valence-electron chi connectivity index (χ4n) is 1.35. The maximum Gasteiger partial charge on any atom is 0.0642 e. The van der Waals surface area contributed by atoms with Crippen LogP contribution in [-0.2, 0) is 4.74 Å². The molecule has 0 aromatic carbocycles. The quantitative estimate of drug-likeness (QED) is 0.552. The number of hydrogen-bond acceptors (Lipinski definition) is 3. The zero-order valence-electron chi connectivity index (χ0n) is 8.46. The minimum absolute atomic E-state index is 0.115. The van der Waals surface area contributed by atoms with E-state index in [1.54, 1.807) is 0 Å². The molecule has 0 heterocycles. The van der Waals surface area contributed by atoms with Crippen molar-refractivity contribution in [3.63, 3.8) is 0 Å². The Labute approximate surface area is 80.5 Å². The highest BCUT2D eigenvalue weighted by Crippen LogP contribution is 2.31. The highest BCUT2D eigenvalue weighted by Gasteiger charge is 2.20. The van der Waals surface area contributed by atoms with Crippen molar-refractivity contribution < 1.29 is 9.84 Å². The van der Waals surface area contributed by atoms with Gasteiger partial charge in [0.2, 0.25) is 0 Å². The summed E-state index contributed by atoms with van der Waals surface area (Å²) in [5.74, 6) is 0.937. The summed E-state index contributed by atoms with van der Waals surface area (Å²) in [5, 5.41) is 12.1.